The highest BCUT2D eigenvalue weighted by Gasteiger charge is 2.32. The SMILES string of the molecule is CCc1nn(C)c(CC)c1/C=C1\N=C(C(C)(C)C)OC1=O. The van der Waals surface area contributed by atoms with E-state index in [1.165, 1.54) is 0 Å². The van der Waals surface area contributed by atoms with Crippen LogP contribution in [-0.2, 0) is 29.4 Å². The van der Waals surface area contributed by atoms with Gasteiger partial charge in [-0.2, -0.15) is 5.10 Å². The molecule has 2 rings (SSSR count). The molecule has 1 aliphatic heterocycles. The van der Waals surface area contributed by atoms with Crippen LogP contribution in [0.2, 0.25) is 0 Å². The molecule has 5 nitrogen and oxygen atoms in total. The molecule has 0 N–H and O–H groups in total. The van der Waals surface area contributed by atoms with Gasteiger partial charge in [-0.15, -0.1) is 0 Å². The van der Waals surface area contributed by atoms with Crippen molar-refractivity contribution in [3.05, 3.63) is 22.6 Å². The molecule has 0 fully saturated rings. The van der Waals surface area contributed by atoms with Gasteiger partial charge in [0.05, 0.1) is 5.69 Å². The number of nitrogens with zero attached hydrogens (tertiary/aromatic N) is 3. The normalized spacial score (nSPS) is 17.3. The van der Waals surface area contributed by atoms with Crippen molar-refractivity contribution in [3.8, 4) is 0 Å². The van der Waals surface area contributed by atoms with Crippen LogP contribution in [0.4, 0.5) is 0 Å². The maximum absolute atomic E-state index is 12.0. The fourth-order valence-corrected chi connectivity index (χ4v) is 2.35. The number of aliphatic imine (C=N–C) groups is 1. The Labute approximate surface area is 125 Å². The molecule has 0 aromatic carbocycles. The largest absolute Gasteiger partial charge is 0.406 e. The van der Waals surface area contributed by atoms with Gasteiger partial charge < -0.3 is 4.74 Å². The first kappa shape index (κ1) is 15.5. The number of cyclic esters (lactones) is 1. The van der Waals surface area contributed by atoms with E-state index in [1.54, 1.807) is 0 Å². The smallest absolute Gasteiger partial charge is 0.363 e. The Balaban J connectivity index is 2.49. The molecule has 0 saturated heterocycles. The average molecular weight is 289 g/mol. The lowest BCUT2D eigenvalue weighted by atomic mass is 9.97. The summed E-state index contributed by atoms with van der Waals surface area (Å²) in [4.78, 5) is 16.4. The van der Waals surface area contributed by atoms with Gasteiger partial charge in [0, 0.05) is 23.7 Å². The maximum atomic E-state index is 12.0. The summed E-state index contributed by atoms with van der Waals surface area (Å²) in [7, 11) is 1.93. The zero-order valence-electron chi connectivity index (χ0n) is 13.6. The molecule has 0 aliphatic carbocycles. The van der Waals surface area contributed by atoms with Crippen molar-refractivity contribution in [1.29, 1.82) is 0 Å². The van der Waals surface area contributed by atoms with E-state index in [2.05, 4.69) is 23.9 Å². The number of rotatable bonds is 3. The lowest BCUT2D eigenvalue weighted by Gasteiger charge is -2.15. The summed E-state index contributed by atoms with van der Waals surface area (Å²) in [6, 6.07) is 0. The van der Waals surface area contributed by atoms with E-state index in [0.29, 0.717) is 11.6 Å². The molecular formula is C16H23N3O2. The summed E-state index contributed by atoms with van der Waals surface area (Å²) < 4.78 is 7.15. The fourth-order valence-electron chi connectivity index (χ4n) is 2.35. The quantitative estimate of drug-likeness (QED) is 0.635. The summed E-state index contributed by atoms with van der Waals surface area (Å²) in [6.07, 6.45) is 3.48. The number of hydrogen-bond donors (Lipinski definition) is 0. The third-order valence-electron chi connectivity index (χ3n) is 3.50. The van der Waals surface area contributed by atoms with E-state index in [0.717, 1.165) is 29.8 Å². The van der Waals surface area contributed by atoms with Crippen molar-refractivity contribution < 1.29 is 9.53 Å². The Morgan fingerprint density at radius 1 is 1.24 bits per heavy atom. The van der Waals surface area contributed by atoms with E-state index in [9.17, 15) is 4.79 Å². The molecule has 1 aromatic rings. The minimum Gasteiger partial charge on any atom is -0.406 e. The standard InChI is InChI=1S/C16H23N3O2/c1-7-11-10(13(8-2)19(6)18-11)9-12-14(20)21-15(17-12)16(3,4)5/h9H,7-8H2,1-6H3/b12-9-. The zero-order chi connectivity index (χ0) is 15.8. The van der Waals surface area contributed by atoms with Gasteiger partial charge in [0.25, 0.3) is 0 Å². The van der Waals surface area contributed by atoms with Crippen molar-refractivity contribution in [2.75, 3.05) is 0 Å². The van der Waals surface area contributed by atoms with Gasteiger partial charge in [0.15, 0.2) is 5.70 Å². The Bertz CT molecular complexity index is 631. The number of aromatic nitrogens is 2. The van der Waals surface area contributed by atoms with Crippen molar-refractivity contribution in [2.24, 2.45) is 17.5 Å². The summed E-state index contributed by atoms with van der Waals surface area (Å²) >= 11 is 0. The predicted octanol–water partition coefficient (Wildman–Crippen LogP) is 2.89. The Morgan fingerprint density at radius 2 is 1.90 bits per heavy atom. The second-order valence-corrected chi connectivity index (χ2v) is 6.22. The number of carbonyl (C=O) groups excluding carboxylic acids is 1. The minimum absolute atomic E-state index is 0.276. The monoisotopic (exact) mass is 289 g/mol. The highest BCUT2D eigenvalue weighted by atomic mass is 16.6. The van der Waals surface area contributed by atoms with E-state index in [4.69, 9.17) is 4.74 Å². The highest BCUT2D eigenvalue weighted by molar-refractivity contribution is 6.08. The number of aryl methyl sites for hydroxylation is 2. The van der Waals surface area contributed by atoms with Gasteiger partial charge in [-0.1, -0.05) is 34.6 Å². The van der Waals surface area contributed by atoms with Crippen molar-refractivity contribution in [1.82, 2.24) is 9.78 Å². The van der Waals surface area contributed by atoms with Crippen LogP contribution in [0.3, 0.4) is 0 Å². The molecule has 1 aliphatic rings. The van der Waals surface area contributed by atoms with Crippen LogP contribution in [0.25, 0.3) is 6.08 Å². The van der Waals surface area contributed by atoms with Crippen LogP contribution in [0.1, 0.15) is 51.6 Å². The predicted molar refractivity (Wildman–Crippen MR) is 82.9 cm³/mol. The van der Waals surface area contributed by atoms with E-state index in [-0.39, 0.29) is 11.4 Å². The first-order chi connectivity index (χ1) is 9.77. The minimum atomic E-state index is -0.382. The van der Waals surface area contributed by atoms with E-state index in [1.807, 2.05) is 38.6 Å². The van der Waals surface area contributed by atoms with Gasteiger partial charge in [-0.05, 0) is 18.9 Å². The number of hydrogen-bond acceptors (Lipinski definition) is 4. The second kappa shape index (κ2) is 5.47. The molecule has 0 radical (unpaired) electrons. The maximum Gasteiger partial charge on any atom is 0.363 e. The Kier molecular flexibility index (Phi) is 4.03. The molecule has 2 heterocycles. The first-order valence-corrected chi connectivity index (χ1v) is 7.35. The molecule has 21 heavy (non-hydrogen) atoms. The molecule has 0 amide bonds. The summed E-state index contributed by atoms with van der Waals surface area (Å²) in [5.41, 5.74) is 3.16. The molecule has 114 valence electrons. The molecular weight excluding hydrogens is 266 g/mol. The number of esters is 1. The van der Waals surface area contributed by atoms with Gasteiger partial charge in [-0.25, -0.2) is 9.79 Å². The average Bonchev–Trinajstić information content (AvgIpc) is 2.91. The fraction of sp³-hybridized carbons (Fsp3) is 0.562. The molecule has 0 spiro atoms. The Hall–Kier alpha value is -1.91. The molecule has 5 heteroatoms. The third kappa shape index (κ3) is 2.91. The zero-order valence-corrected chi connectivity index (χ0v) is 13.6. The van der Waals surface area contributed by atoms with Gasteiger partial charge in [0.1, 0.15) is 0 Å². The first-order valence-electron chi connectivity index (χ1n) is 7.35. The molecule has 0 saturated carbocycles. The summed E-state index contributed by atoms with van der Waals surface area (Å²) in [6.45, 7) is 10.1. The third-order valence-corrected chi connectivity index (χ3v) is 3.50. The lowest BCUT2D eigenvalue weighted by molar-refractivity contribution is -0.130. The Morgan fingerprint density at radius 3 is 2.38 bits per heavy atom. The van der Waals surface area contributed by atoms with Crippen LogP contribution in [0.5, 0.6) is 0 Å². The van der Waals surface area contributed by atoms with Gasteiger partial charge >= 0.3 is 5.97 Å². The summed E-state index contributed by atoms with van der Waals surface area (Å²) in [5, 5.41) is 4.51. The van der Waals surface area contributed by atoms with E-state index >= 15 is 0 Å². The van der Waals surface area contributed by atoms with Crippen molar-refractivity contribution in [2.45, 2.75) is 47.5 Å². The van der Waals surface area contributed by atoms with Gasteiger partial charge in [-0.3, -0.25) is 4.68 Å². The van der Waals surface area contributed by atoms with Crippen LogP contribution < -0.4 is 0 Å². The van der Waals surface area contributed by atoms with Crippen LogP contribution in [0, 0.1) is 5.41 Å². The molecule has 0 atom stereocenters. The molecule has 1 aromatic heterocycles. The molecule has 0 bridgehead atoms. The van der Waals surface area contributed by atoms with Crippen LogP contribution in [0.15, 0.2) is 10.7 Å². The lowest BCUT2D eigenvalue weighted by Crippen LogP contribution is -2.21. The summed E-state index contributed by atoms with van der Waals surface area (Å²) in [5.74, 6) is 0.0895. The topological polar surface area (TPSA) is 56.5 Å². The van der Waals surface area contributed by atoms with Gasteiger partial charge in [0.2, 0.25) is 5.90 Å². The van der Waals surface area contributed by atoms with Crippen molar-refractivity contribution in [3.63, 3.8) is 0 Å². The van der Waals surface area contributed by atoms with Crippen LogP contribution in [-0.4, -0.2) is 21.6 Å². The van der Waals surface area contributed by atoms with E-state index < -0.39 is 0 Å². The number of ether oxygens (including phenoxy) is 1. The molecule has 0 unspecified atom stereocenters. The second-order valence-electron chi connectivity index (χ2n) is 6.22. The number of carbonyl (C=O) groups is 1. The van der Waals surface area contributed by atoms with Crippen molar-refractivity contribution >= 4 is 17.9 Å². The van der Waals surface area contributed by atoms with Crippen LogP contribution >= 0.6 is 0 Å². The highest BCUT2D eigenvalue weighted by Crippen LogP contribution is 2.27.